The second kappa shape index (κ2) is 3.71. The summed E-state index contributed by atoms with van der Waals surface area (Å²) in [6, 6.07) is 0. The molecule has 0 aliphatic rings. The summed E-state index contributed by atoms with van der Waals surface area (Å²) in [5.41, 5.74) is -0.108. The van der Waals surface area contributed by atoms with Crippen LogP contribution in [0, 0.1) is 0 Å². The fourth-order valence-corrected chi connectivity index (χ4v) is 1.35. The molecule has 5 nitrogen and oxygen atoms in total. The minimum absolute atomic E-state index is 0.108. The molecular weight excluding hydrogens is 204 g/mol. The predicted molar refractivity (Wildman–Crippen MR) is 52.3 cm³/mol. The maximum absolute atomic E-state index is 11.1. The number of imidazole rings is 1. The van der Waals surface area contributed by atoms with Crippen molar-refractivity contribution in [2.75, 3.05) is 0 Å². The number of nitrogens with one attached hydrogen (secondary N) is 1. The van der Waals surface area contributed by atoms with Crippen molar-refractivity contribution < 1.29 is 0 Å². The molecule has 0 bridgehead atoms. The Hall–Kier alpha value is -1.49. The Morgan fingerprint density at radius 2 is 2.36 bits per heavy atom. The van der Waals surface area contributed by atoms with E-state index in [1.165, 1.54) is 0 Å². The van der Waals surface area contributed by atoms with Crippen molar-refractivity contribution in [2.45, 2.75) is 13.1 Å². The molecule has 2 rings (SSSR count). The Kier molecular flexibility index (Phi) is 2.41. The number of hydrogen-bond donors (Lipinski definition) is 1. The normalized spacial score (nSPS) is 10.6. The molecule has 0 unspecified atom stereocenters. The smallest absolute Gasteiger partial charge is 0.313 e. The van der Waals surface area contributed by atoms with Gasteiger partial charge in [0.15, 0.2) is 0 Å². The molecule has 0 amide bonds. The molecule has 74 valence electrons. The van der Waals surface area contributed by atoms with Gasteiger partial charge in [-0.15, -0.1) is 0 Å². The predicted octanol–water partition coefficient (Wildman–Crippen LogP) is 0.726. The number of halogens is 1. The summed E-state index contributed by atoms with van der Waals surface area (Å²) in [6.07, 6.45) is 6.60. The molecule has 14 heavy (non-hydrogen) atoms. The summed E-state index contributed by atoms with van der Waals surface area (Å²) in [4.78, 5) is 13.7. The van der Waals surface area contributed by atoms with Gasteiger partial charge in [-0.1, -0.05) is 11.6 Å². The van der Waals surface area contributed by atoms with Crippen LogP contribution in [0.5, 0.6) is 0 Å². The van der Waals surface area contributed by atoms with Gasteiger partial charge in [0.1, 0.15) is 0 Å². The Labute approximate surface area is 84.9 Å². The highest BCUT2D eigenvalue weighted by molar-refractivity contribution is 6.30. The van der Waals surface area contributed by atoms with Gasteiger partial charge in [0.2, 0.25) is 0 Å². The first-order chi connectivity index (χ1) is 6.75. The molecular formula is C8H9ClN4O. The molecule has 0 spiro atoms. The SMILES string of the molecule is O=c1[nH]ccn1CCn1cc(Cl)cn1. The molecule has 2 aromatic heterocycles. The van der Waals surface area contributed by atoms with Crippen LogP contribution in [0.25, 0.3) is 0 Å². The second-order valence-electron chi connectivity index (χ2n) is 2.88. The molecule has 0 aliphatic heterocycles. The highest BCUT2D eigenvalue weighted by Gasteiger charge is 1.98. The number of H-pyrrole nitrogens is 1. The van der Waals surface area contributed by atoms with E-state index in [0.717, 1.165) is 0 Å². The van der Waals surface area contributed by atoms with Crippen LogP contribution in [-0.4, -0.2) is 19.3 Å². The number of hydrogen-bond acceptors (Lipinski definition) is 2. The van der Waals surface area contributed by atoms with Crippen LogP contribution in [0.15, 0.2) is 29.6 Å². The van der Waals surface area contributed by atoms with Crippen molar-refractivity contribution >= 4 is 11.6 Å². The summed E-state index contributed by atoms with van der Waals surface area (Å²) < 4.78 is 3.28. The lowest BCUT2D eigenvalue weighted by atomic mass is 10.6. The highest BCUT2D eigenvalue weighted by Crippen LogP contribution is 2.04. The van der Waals surface area contributed by atoms with Gasteiger partial charge in [-0.3, -0.25) is 9.25 Å². The third kappa shape index (κ3) is 1.88. The fraction of sp³-hybridized carbons (Fsp3) is 0.250. The van der Waals surface area contributed by atoms with Gasteiger partial charge in [0.25, 0.3) is 0 Å². The van der Waals surface area contributed by atoms with Crippen molar-refractivity contribution in [1.82, 2.24) is 19.3 Å². The molecule has 0 aliphatic carbocycles. The van der Waals surface area contributed by atoms with Gasteiger partial charge in [0.05, 0.1) is 17.8 Å². The van der Waals surface area contributed by atoms with Gasteiger partial charge in [-0.2, -0.15) is 5.10 Å². The minimum atomic E-state index is -0.108. The van der Waals surface area contributed by atoms with Gasteiger partial charge >= 0.3 is 5.69 Å². The van der Waals surface area contributed by atoms with Crippen LogP contribution in [-0.2, 0) is 13.1 Å². The van der Waals surface area contributed by atoms with Crippen LogP contribution < -0.4 is 5.69 Å². The minimum Gasteiger partial charge on any atom is -0.313 e. The second-order valence-corrected chi connectivity index (χ2v) is 3.32. The summed E-state index contributed by atoms with van der Waals surface area (Å²) in [5, 5.41) is 4.61. The Balaban J connectivity index is 2.01. The standard InChI is InChI=1S/C8H9ClN4O/c9-7-5-11-13(6-7)4-3-12-2-1-10-8(12)14/h1-2,5-6H,3-4H2,(H,10,14). The van der Waals surface area contributed by atoms with E-state index in [4.69, 9.17) is 11.6 Å². The van der Waals surface area contributed by atoms with E-state index in [1.807, 2.05) is 0 Å². The number of rotatable bonds is 3. The molecule has 6 heteroatoms. The quantitative estimate of drug-likeness (QED) is 0.816. The van der Waals surface area contributed by atoms with Gasteiger partial charge in [-0.05, 0) is 0 Å². The third-order valence-electron chi connectivity index (χ3n) is 1.89. The lowest BCUT2D eigenvalue weighted by Crippen LogP contribution is -2.19. The summed E-state index contributed by atoms with van der Waals surface area (Å²) in [6.45, 7) is 1.21. The van der Waals surface area contributed by atoms with Crippen molar-refractivity contribution in [2.24, 2.45) is 0 Å². The number of aromatic nitrogens is 4. The zero-order chi connectivity index (χ0) is 9.97. The van der Waals surface area contributed by atoms with E-state index in [2.05, 4.69) is 10.1 Å². The Morgan fingerprint density at radius 3 is 2.93 bits per heavy atom. The van der Waals surface area contributed by atoms with Crippen molar-refractivity contribution in [1.29, 1.82) is 0 Å². The van der Waals surface area contributed by atoms with Crippen molar-refractivity contribution in [3.05, 3.63) is 40.3 Å². The van der Waals surface area contributed by atoms with E-state index in [9.17, 15) is 4.79 Å². The average molecular weight is 213 g/mol. The molecule has 0 saturated carbocycles. The lowest BCUT2D eigenvalue weighted by molar-refractivity contribution is 0.525. The first-order valence-electron chi connectivity index (χ1n) is 4.17. The Morgan fingerprint density at radius 1 is 1.50 bits per heavy atom. The fourth-order valence-electron chi connectivity index (χ4n) is 1.20. The Bertz CT molecular complexity index is 469. The van der Waals surface area contributed by atoms with E-state index in [1.54, 1.807) is 34.0 Å². The molecule has 0 atom stereocenters. The van der Waals surface area contributed by atoms with Gasteiger partial charge in [0, 0.05) is 25.1 Å². The summed E-state index contributed by atoms with van der Waals surface area (Å²) in [7, 11) is 0. The molecule has 2 aromatic rings. The summed E-state index contributed by atoms with van der Waals surface area (Å²) >= 11 is 5.69. The van der Waals surface area contributed by atoms with E-state index < -0.39 is 0 Å². The number of nitrogens with zero attached hydrogens (tertiary/aromatic N) is 3. The summed E-state index contributed by atoms with van der Waals surface area (Å²) in [5.74, 6) is 0. The van der Waals surface area contributed by atoms with E-state index in [0.29, 0.717) is 18.1 Å². The van der Waals surface area contributed by atoms with E-state index >= 15 is 0 Å². The van der Waals surface area contributed by atoms with Crippen LogP contribution in [0.3, 0.4) is 0 Å². The first kappa shape index (κ1) is 9.08. The maximum atomic E-state index is 11.1. The largest absolute Gasteiger partial charge is 0.325 e. The van der Waals surface area contributed by atoms with E-state index in [-0.39, 0.29) is 5.69 Å². The maximum Gasteiger partial charge on any atom is 0.325 e. The van der Waals surface area contributed by atoms with Crippen LogP contribution in [0.1, 0.15) is 0 Å². The van der Waals surface area contributed by atoms with Crippen molar-refractivity contribution in [3.63, 3.8) is 0 Å². The zero-order valence-corrected chi connectivity index (χ0v) is 8.11. The van der Waals surface area contributed by atoms with Crippen LogP contribution >= 0.6 is 11.6 Å². The first-order valence-corrected chi connectivity index (χ1v) is 4.55. The monoisotopic (exact) mass is 212 g/mol. The zero-order valence-electron chi connectivity index (χ0n) is 7.35. The number of aryl methyl sites for hydroxylation is 2. The molecule has 2 heterocycles. The van der Waals surface area contributed by atoms with Crippen LogP contribution in [0.2, 0.25) is 5.02 Å². The molecule has 0 radical (unpaired) electrons. The van der Waals surface area contributed by atoms with Gasteiger partial charge < -0.3 is 4.98 Å². The van der Waals surface area contributed by atoms with Crippen LogP contribution in [0.4, 0.5) is 0 Å². The third-order valence-corrected chi connectivity index (χ3v) is 2.09. The lowest BCUT2D eigenvalue weighted by Gasteiger charge is -2.00. The highest BCUT2D eigenvalue weighted by atomic mass is 35.5. The molecule has 0 saturated heterocycles. The molecule has 0 fully saturated rings. The van der Waals surface area contributed by atoms with Gasteiger partial charge in [-0.25, -0.2) is 4.79 Å². The van der Waals surface area contributed by atoms with Crippen molar-refractivity contribution in [3.8, 4) is 0 Å². The topological polar surface area (TPSA) is 55.6 Å². The molecule has 1 N–H and O–H groups in total. The number of aromatic amines is 1. The average Bonchev–Trinajstić information content (AvgIpc) is 2.72. The molecule has 0 aromatic carbocycles.